The van der Waals surface area contributed by atoms with E-state index in [4.69, 9.17) is 4.74 Å². The largest absolute Gasteiger partial charge is 0.451 e. The van der Waals surface area contributed by atoms with E-state index < -0.39 is 24.5 Å². The summed E-state index contributed by atoms with van der Waals surface area (Å²) in [7, 11) is 0. The number of carbonyl (C=O) groups is 3. The minimum atomic E-state index is -0.749. The molecule has 0 aliphatic heterocycles. The van der Waals surface area contributed by atoms with Crippen LogP contribution in [0, 0.1) is 0 Å². The maximum Gasteiger partial charge on any atom is 0.359 e. The van der Waals surface area contributed by atoms with Gasteiger partial charge in [-0.05, 0) is 18.9 Å². The lowest BCUT2D eigenvalue weighted by molar-refractivity contribution is -0.128. The highest BCUT2D eigenvalue weighted by Crippen LogP contribution is 2.04. The molecular formula is C17H17N3O4. The van der Waals surface area contributed by atoms with Crippen LogP contribution in [-0.4, -0.2) is 40.3 Å². The van der Waals surface area contributed by atoms with E-state index in [2.05, 4.69) is 15.3 Å². The lowest BCUT2D eigenvalue weighted by atomic mass is 10.0. The Morgan fingerprint density at radius 2 is 1.92 bits per heavy atom. The van der Waals surface area contributed by atoms with Crippen molar-refractivity contribution < 1.29 is 19.1 Å². The number of aromatic nitrogens is 2. The van der Waals surface area contributed by atoms with Crippen LogP contribution >= 0.6 is 0 Å². The highest BCUT2D eigenvalue weighted by atomic mass is 16.5. The van der Waals surface area contributed by atoms with E-state index in [1.54, 1.807) is 0 Å². The molecule has 2 rings (SSSR count). The number of benzene rings is 1. The molecule has 0 fully saturated rings. The van der Waals surface area contributed by atoms with Crippen molar-refractivity contribution in [2.24, 2.45) is 0 Å². The molecule has 0 saturated carbocycles. The van der Waals surface area contributed by atoms with E-state index in [0.29, 0.717) is 6.42 Å². The topological polar surface area (TPSA) is 98.2 Å². The summed E-state index contributed by atoms with van der Waals surface area (Å²) in [5.74, 6) is -1.48. The number of Topliss-reactive ketones (excluding diaryl/α,β-unsaturated/α-hetero) is 1. The molecule has 1 aromatic heterocycles. The highest BCUT2D eigenvalue weighted by Gasteiger charge is 2.19. The Morgan fingerprint density at radius 3 is 2.54 bits per heavy atom. The number of esters is 1. The zero-order valence-corrected chi connectivity index (χ0v) is 13.1. The molecule has 7 heteroatoms. The minimum absolute atomic E-state index is 0.0118. The van der Waals surface area contributed by atoms with Gasteiger partial charge >= 0.3 is 5.97 Å². The number of amides is 1. The summed E-state index contributed by atoms with van der Waals surface area (Å²) in [5, 5.41) is 2.57. The summed E-state index contributed by atoms with van der Waals surface area (Å²) < 4.78 is 4.86. The summed E-state index contributed by atoms with van der Waals surface area (Å²) in [6.07, 6.45) is 4.39. The van der Waals surface area contributed by atoms with Crippen LogP contribution in [0.25, 0.3) is 0 Å². The molecule has 0 bridgehead atoms. The number of rotatable bonds is 7. The van der Waals surface area contributed by atoms with Crippen molar-refractivity contribution in [3.05, 3.63) is 60.2 Å². The molecule has 1 amide bonds. The van der Waals surface area contributed by atoms with Crippen molar-refractivity contribution in [2.75, 3.05) is 6.61 Å². The predicted molar refractivity (Wildman–Crippen MR) is 85.1 cm³/mol. The number of hydrogen-bond acceptors (Lipinski definition) is 6. The van der Waals surface area contributed by atoms with E-state index in [0.717, 1.165) is 5.56 Å². The standard InChI is InChI=1S/C17H17N3O4/c1-12(21)14(9-13-5-3-2-4-6-13)20-16(22)11-24-17(23)15-10-18-7-8-19-15/h2-8,10,14H,9,11H2,1H3,(H,20,22)/t14-/m0/s1. The molecule has 1 N–H and O–H groups in total. The number of ether oxygens (including phenoxy) is 1. The van der Waals surface area contributed by atoms with Crippen LogP contribution in [0.4, 0.5) is 0 Å². The van der Waals surface area contributed by atoms with Crippen LogP contribution in [-0.2, 0) is 20.7 Å². The normalized spacial score (nSPS) is 11.4. The van der Waals surface area contributed by atoms with E-state index in [1.807, 2.05) is 30.3 Å². The number of nitrogens with one attached hydrogen (secondary N) is 1. The van der Waals surface area contributed by atoms with Crippen molar-refractivity contribution >= 4 is 17.7 Å². The van der Waals surface area contributed by atoms with E-state index in [9.17, 15) is 14.4 Å². The second kappa shape index (κ2) is 8.52. The monoisotopic (exact) mass is 327 g/mol. The van der Waals surface area contributed by atoms with Crippen molar-refractivity contribution in [3.63, 3.8) is 0 Å². The van der Waals surface area contributed by atoms with Gasteiger partial charge in [0.15, 0.2) is 18.1 Å². The highest BCUT2D eigenvalue weighted by molar-refractivity contribution is 5.91. The Hall–Kier alpha value is -3.09. The zero-order valence-electron chi connectivity index (χ0n) is 13.1. The molecule has 0 radical (unpaired) electrons. The minimum Gasteiger partial charge on any atom is -0.451 e. The summed E-state index contributed by atoms with van der Waals surface area (Å²) in [5.41, 5.74) is 0.937. The van der Waals surface area contributed by atoms with Crippen LogP contribution in [0.2, 0.25) is 0 Å². The molecule has 0 unspecified atom stereocenters. The van der Waals surface area contributed by atoms with Crippen LogP contribution < -0.4 is 5.32 Å². The SMILES string of the molecule is CC(=O)[C@H](Cc1ccccc1)NC(=O)COC(=O)c1cnccn1. The first-order chi connectivity index (χ1) is 11.6. The first kappa shape index (κ1) is 17.3. The van der Waals surface area contributed by atoms with Gasteiger partial charge in [0, 0.05) is 12.4 Å². The third-order valence-electron chi connectivity index (χ3n) is 3.22. The molecule has 1 atom stereocenters. The van der Waals surface area contributed by atoms with Gasteiger partial charge in [0.2, 0.25) is 0 Å². The maximum absolute atomic E-state index is 11.9. The van der Waals surface area contributed by atoms with Crippen LogP contribution in [0.5, 0.6) is 0 Å². The van der Waals surface area contributed by atoms with Crippen LogP contribution in [0.15, 0.2) is 48.9 Å². The van der Waals surface area contributed by atoms with Gasteiger partial charge in [-0.15, -0.1) is 0 Å². The average Bonchev–Trinajstić information content (AvgIpc) is 2.60. The third kappa shape index (κ3) is 5.28. The summed E-state index contributed by atoms with van der Waals surface area (Å²) in [6.45, 7) is 0.910. The van der Waals surface area contributed by atoms with Gasteiger partial charge in [-0.3, -0.25) is 14.6 Å². The fraction of sp³-hybridized carbons (Fsp3) is 0.235. The quantitative estimate of drug-likeness (QED) is 0.760. The number of ketones is 1. The first-order valence-corrected chi connectivity index (χ1v) is 7.33. The molecule has 1 heterocycles. The molecule has 0 aliphatic rings. The van der Waals surface area contributed by atoms with Crippen LogP contribution in [0.1, 0.15) is 23.0 Å². The summed E-state index contributed by atoms with van der Waals surface area (Å²) >= 11 is 0. The molecule has 0 spiro atoms. The summed E-state index contributed by atoms with van der Waals surface area (Å²) in [6, 6.07) is 8.66. The number of hydrogen-bond donors (Lipinski definition) is 1. The smallest absolute Gasteiger partial charge is 0.359 e. The Balaban J connectivity index is 1.87. The zero-order chi connectivity index (χ0) is 17.4. The van der Waals surface area contributed by atoms with Gasteiger partial charge in [0.05, 0.1) is 12.2 Å². The van der Waals surface area contributed by atoms with Gasteiger partial charge < -0.3 is 10.1 Å². The molecule has 1 aromatic carbocycles. The second-order valence-electron chi connectivity index (χ2n) is 5.09. The molecule has 7 nitrogen and oxygen atoms in total. The van der Waals surface area contributed by atoms with Crippen molar-refractivity contribution in [3.8, 4) is 0 Å². The Morgan fingerprint density at radius 1 is 1.17 bits per heavy atom. The van der Waals surface area contributed by atoms with E-state index >= 15 is 0 Å². The average molecular weight is 327 g/mol. The van der Waals surface area contributed by atoms with Gasteiger partial charge in [0.25, 0.3) is 5.91 Å². The lowest BCUT2D eigenvalue weighted by Gasteiger charge is -2.16. The number of nitrogens with zero attached hydrogens (tertiary/aromatic N) is 2. The molecule has 0 saturated heterocycles. The fourth-order valence-corrected chi connectivity index (χ4v) is 1.99. The maximum atomic E-state index is 11.9. The Bertz CT molecular complexity index is 704. The molecule has 24 heavy (non-hydrogen) atoms. The van der Waals surface area contributed by atoms with Crippen molar-refractivity contribution in [1.82, 2.24) is 15.3 Å². The van der Waals surface area contributed by atoms with E-state index in [1.165, 1.54) is 25.5 Å². The van der Waals surface area contributed by atoms with E-state index in [-0.39, 0.29) is 11.5 Å². The molecule has 2 aromatic rings. The van der Waals surface area contributed by atoms with Gasteiger partial charge in [-0.2, -0.15) is 0 Å². The Labute approximate surface area is 139 Å². The van der Waals surface area contributed by atoms with Gasteiger partial charge in [0.1, 0.15) is 0 Å². The third-order valence-corrected chi connectivity index (χ3v) is 3.22. The molecular weight excluding hydrogens is 310 g/mol. The Kier molecular flexibility index (Phi) is 6.13. The lowest BCUT2D eigenvalue weighted by Crippen LogP contribution is -2.43. The van der Waals surface area contributed by atoms with Gasteiger partial charge in [-0.1, -0.05) is 30.3 Å². The van der Waals surface area contributed by atoms with Gasteiger partial charge in [-0.25, -0.2) is 9.78 Å². The summed E-state index contributed by atoms with van der Waals surface area (Å²) in [4.78, 5) is 42.8. The first-order valence-electron chi connectivity index (χ1n) is 7.33. The van der Waals surface area contributed by atoms with Crippen molar-refractivity contribution in [1.29, 1.82) is 0 Å². The predicted octanol–water partition coefficient (Wildman–Crippen LogP) is 0.950. The second-order valence-corrected chi connectivity index (χ2v) is 5.09. The molecule has 124 valence electrons. The van der Waals surface area contributed by atoms with Crippen LogP contribution in [0.3, 0.4) is 0 Å². The molecule has 0 aliphatic carbocycles. The fourth-order valence-electron chi connectivity index (χ4n) is 1.99. The number of carbonyl (C=O) groups excluding carboxylic acids is 3. The van der Waals surface area contributed by atoms with Crippen molar-refractivity contribution in [2.45, 2.75) is 19.4 Å².